The van der Waals surface area contributed by atoms with Crippen molar-refractivity contribution in [2.45, 2.75) is 31.6 Å². The van der Waals surface area contributed by atoms with Crippen LogP contribution in [-0.2, 0) is 6.16 Å². The predicted molar refractivity (Wildman–Crippen MR) is 121 cm³/mol. The summed E-state index contributed by atoms with van der Waals surface area (Å²) >= 11 is 0. The van der Waals surface area contributed by atoms with Crippen molar-refractivity contribution in [3.8, 4) is 0 Å². The third-order valence-electron chi connectivity index (χ3n) is 5.82. The van der Waals surface area contributed by atoms with Gasteiger partial charge in [-0.3, -0.25) is 0 Å². The molecule has 1 heterocycles. The molecule has 1 aliphatic heterocycles. The van der Waals surface area contributed by atoms with Crippen molar-refractivity contribution < 1.29 is 25.2 Å². The molecule has 0 fully saturated rings. The average Bonchev–Trinajstić information content (AvgIpc) is 2.70. The number of hydrogen-bond acceptors (Lipinski definition) is 0. The molecule has 0 amide bonds. The van der Waals surface area contributed by atoms with Crippen LogP contribution < -0.4 is 10.6 Å². The van der Waals surface area contributed by atoms with E-state index >= 15 is 0 Å². The molecule has 8 heteroatoms. The van der Waals surface area contributed by atoms with Gasteiger partial charge in [-0.1, -0.05) is 67.6 Å². The first-order valence-corrected chi connectivity index (χ1v) is 13.9. The fourth-order valence-corrected chi connectivity index (χ4v) is 9.42. The number of rotatable bonds is 2. The van der Waals surface area contributed by atoms with Crippen molar-refractivity contribution in [1.82, 2.24) is 0 Å². The van der Waals surface area contributed by atoms with E-state index in [0.717, 1.165) is 0 Å². The Bertz CT molecular complexity index is 984. The number of halogens is 6. The Hall–Kier alpha value is -1.90. The van der Waals surface area contributed by atoms with E-state index in [-0.39, 0.29) is 0 Å². The molecule has 0 saturated carbocycles. The minimum absolute atomic E-state index is 0.587. The van der Waals surface area contributed by atoms with Gasteiger partial charge in [-0.15, -0.1) is 0 Å². The normalized spacial score (nSPS) is 22.2. The van der Waals surface area contributed by atoms with Crippen LogP contribution in [0.4, 0.5) is 25.2 Å². The molecule has 4 rings (SSSR count). The molecular formula is C23H24F6P2. The second-order valence-electron chi connectivity index (χ2n) is 7.88. The first-order valence-electron chi connectivity index (χ1n) is 9.81. The van der Waals surface area contributed by atoms with Crippen LogP contribution in [0.5, 0.6) is 0 Å². The molecule has 0 nitrogen and oxygen atoms in total. The monoisotopic (exact) mass is 476 g/mol. The maximum atomic E-state index is 9.87. The fraction of sp³-hybridized carbons (Fsp3) is 0.217. The Kier molecular flexibility index (Phi) is 5.83. The van der Waals surface area contributed by atoms with E-state index in [1.54, 1.807) is 21.7 Å². The van der Waals surface area contributed by atoms with Gasteiger partial charge in [0.2, 0.25) is 0 Å². The van der Waals surface area contributed by atoms with Gasteiger partial charge >= 0.3 is 33.0 Å². The molecule has 168 valence electrons. The van der Waals surface area contributed by atoms with Gasteiger partial charge in [0, 0.05) is 5.92 Å². The molecule has 2 unspecified atom stereocenters. The summed E-state index contributed by atoms with van der Waals surface area (Å²) in [6, 6.07) is 31.6. The van der Waals surface area contributed by atoms with Crippen LogP contribution in [0.25, 0.3) is 0 Å². The van der Waals surface area contributed by atoms with Crippen molar-refractivity contribution in [1.29, 1.82) is 0 Å². The summed E-state index contributed by atoms with van der Waals surface area (Å²) in [7, 11) is -12.1. The fourth-order valence-electron chi connectivity index (χ4n) is 4.37. The third-order valence-corrected chi connectivity index (χ3v) is 10.9. The van der Waals surface area contributed by atoms with Gasteiger partial charge < -0.3 is 0 Å². The van der Waals surface area contributed by atoms with Crippen LogP contribution in [-0.4, -0.2) is 5.66 Å². The third kappa shape index (κ3) is 6.08. The number of hydrogen-bond donors (Lipinski definition) is 0. The molecule has 0 spiro atoms. The van der Waals surface area contributed by atoms with Crippen molar-refractivity contribution in [2.24, 2.45) is 0 Å². The van der Waals surface area contributed by atoms with Crippen LogP contribution in [0.1, 0.15) is 30.9 Å². The first kappa shape index (κ1) is 23.8. The van der Waals surface area contributed by atoms with Crippen molar-refractivity contribution in [2.75, 3.05) is 0 Å². The van der Waals surface area contributed by atoms with Crippen LogP contribution in [0, 0.1) is 0 Å². The number of benzene rings is 3. The second kappa shape index (κ2) is 7.60. The molecule has 3 aromatic carbocycles. The molecule has 0 bridgehead atoms. The van der Waals surface area contributed by atoms with E-state index in [4.69, 9.17) is 0 Å². The zero-order valence-corrected chi connectivity index (χ0v) is 18.9. The molecule has 3 aromatic rings. The van der Waals surface area contributed by atoms with E-state index in [2.05, 4.69) is 98.8 Å². The van der Waals surface area contributed by atoms with Gasteiger partial charge in [0.1, 0.15) is 0 Å². The summed E-state index contributed by atoms with van der Waals surface area (Å²) in [5.41, 5.74) is 3.74. The SMILES string of the molecule is CC1c2ccccc2C[P+](c2ccccc2)(c2ccccc2)C1C.F[P-](F)(F)(F)(F)F. The molecule has 0 N–H and O–H groups in total. The molecule has 1 aliphatic rings. The van der Waals surface area contributed by atoms with Crippen molar-refractivity contribution in [3.63, 3.8) is 0 Å². The minimum atomic E-state index is -10.7. The molecule has 2 atom stereocenters. The van der Waals surface area contributed by atoms with Crippen molar-refractivity contribution in [3.05, 3.63) is 96.1 Å². The van der Waals surface area contributed by atoms with E-state index in [9.17, 15) is 25.2 Å². The molecule has 31 heavy (non-hydrogen) atoms. The van der Waals surface area contributed by atoms with Crippen molar-refractivity contribution >= 4 is 25.7 Å². The zero-order valence-electron chi connectivity index (χ0n) is 17.1. The summed E-state index contributed by atoms with van der Waals surface area (Å²) in [6.45, 7) is 4.90. The van der Waals surface area contributed by atoms with E-state index in [1.807, 2.05) is 0 Å². The summed E-state index contributed by atoms with van der Waals surface area (Å²) in [5.74, 6) is 0.587. The van der Waals surface area contributed by atoms with Crippen LogP contribution in [0.2, 0.25) is 0 Å². The maximum absolute atomic E-state index is 10.7. The van der Waals surface area contributed by atoms with E-state index in [1.165, 1.54) is 6.16 Å². The Morgan fingerprint density at radius 2 is 1.03 bits per heavy atom. The van der Waals surface area contributed by atoms with E-state index < -0.39 is 15.1 Å². The number of fused-ring (bicyclic) bond motifs is 1. The van der Waals surface area contributed by atoms with Gasteiger partial charge in [-0.2, -0.15) is 0 Å². The summed E-state index contributed by atoms with van der Waals surface area (Å²) < 4.78 is 59.2. The molecule has 0 saturated heterocycles. The van der Waals surface area contributed by atoms with Gasteiger partial charge in [-0.25, -0.2) is 0 Å². The molecular weight excluding hydrogens is 452 g/mol. The Balaban J connectivity index is 0.000000339. The predicted octanol–water partition coefficient (Wildman–Crippen LogP) is 8.74. The quantitative estimate of drug-likeness (QED) is 0.256. The second-order valence-corrected chi connectivity index (χ2v) is 13.7. The van der Waals surface area contributed by atoms with Gasteiger partial charge in [-0.05, 0) is 42.3 Å². The summed E-state index contributed by atoms with van der Waals surface area (Å²) in [5, 5.41) is 3.09. The van der Waals surface area contributed by atoms with Gasteiger partial charge in [0.05, 0.1) is 29.7 Å². The van der Waals surface area contributed by atoms with Gasteiger partial charge in [0.15, 0.2) is 0 Å². The Morgan fingerprint density at radius 1 is 0.645 bits per heavy atom. The van der Waals surface area contributed by atoms with Crippen LogP contribution >= 0.6 is 15.1 Å². The standard InChI is InChI=1S/C23H24P.F6P/c1-18-19(2)24(21-12-5-3-6-13-21,22-14-7-4-8-15-22)17-20-11-9-10-16-23(18)20;1-7(2,3,4,5)6/h3-16,18-19H,17H2,1-2H3;/q+1;-1. The Morgan fingerprint density at radius 3 is 1.48 bits per heavy atom. The molecule has 0 radical (unpaired) electrons. The molecule has 0 aliphatic carbocycles. The first-order chi connectivity index (χ1) is 14.2. The average molecular weight is 476 g/mol. The summed E-state index contributed by atoms with van der Waals surface area (Å²) in [6.07, 6.45) is 1.18. The van der Waals surface area contributed by atoms with Crippen LogP contribution in [0.15, 0.2) is 84.9 Å². The summed E-state index contributed by atoms with van der Waals surface area (Å²) in [4.78, 5) is 0. The van der Waals surface area contributed by atoms with E-state index in [0.29, 0.717) is 11.6 Å². The Labute approximate surface area is 178 Å². The molecule has 0 aromatic heterocycles. The van der Waals surface area contributed by atoms with Gasteiger partial charge in [0.25, 0.3) is 0 Å². The van der Waals surface area contributed by atoms with Crippen LogP contribution in [0.3, 0.4) is 0 Å². The zero-order chi connectivity index (χ0) is 23.0. The topological polar surface area (TPSA) is 0 Å².